The van der Waals surface area contributed by atoms with Gasteiger partial charge in [0, 0.05) is 29.4 Å². The second-order valence-corrected chi connectivity index (χ2v) is 6.62. The van der Waals surface area contributed by atoms with E-state index in [0.717, 1.165) is 40.3 Å². The van der Waals surface area contributed by atoms with Crippen LogP contribution < -0.4 is 5.32 Å². The van der Waals surface area contributed by atoms with Crippen LogP contribution in [0.1, 0.15) is 21.6 Å². The van der Waals surface area contributed by atoms with Gasteiger partial charge in [0.05, 0.1) is 5.52 Å². The standard InChI is InChI=1S/C15H12N2O2.C8H9F2N/c1-10-13(9-18)12-8-11(19)5-6-14(12)17(10)15-4-2-3-7-16-15;1-11-5-6-2-3-7(9)8(10)4-6/h2-9,19H,1H3;2-4,11H,5H2,1H3. The minimum atomic E-state index is -0.801. The lowest BCUT2D eigenvalue weighted by Crippen LogP contribution is -2.05. The molecule has 2 heterocycles. The molecule has 0 saturated heterocycles. The predicted octanol–water partition coefficient (Wildman–Crippen LogP) is 4.54. The summed E-state index contributed by atoms with van der Waals surface area (Å²) >= 11 is 0. The number of phenols is 1. The first kappa shape index (κ1) is 21.1. The molecule has 0 fully saturated rings. The Labute approximate surface area is 172 Å². The average Bonchev–Trinajstić information content (AvgIpc) is 3.02. The van der Waals surface area contributed by atoms with E-state index >= 15 is 0 Å². The summed E-state index contributed by atoms with van der Waals surface area (Å²) in [4.78, 5) is 15.6. The van der Waals surface area contributed by atoms with Gasteiger partial charge in [-0.15, -0.1) is 0 Å². The highest BCUT2D eigenvalue weighted by Gasteiger charge is 2.15. The third-order valence-corrected chi connectivity index (χ3v) is 4.60. The number of halogens is 2. The van der Waals surface area contributed by atoms with Crippen molar-refractivity contribution in [2.45, 2.75) is 13.5 Å². The van der Waals surface area contributed by atoms with Crippen LogP contribution in [0.3, 0.4) is 0 Å². The lowest BCUT2D eigenvalue weighted by atomic mass is 10.1. The number of aromatic hydroxyl groups is 1. The number of hydrogen-bond donors (Lipinski definition) is 2. The van der Waals surface area contributed by atoms with Gasteiger partial charge in [-0.05, 0) is 62.0 Å². The Morgan fingerprint density at radius 2 is 1.90 bits per heavy atom. The molecule has 0 radical (unpaired) electrons. The number of nitrogens with one attached hydrogen (secondary N) is 1. The zero-order valence-corrected chi connectivity index (χ0v) is 16.6. The molecular weight excluding hydrogens is 388 g/mol. The maximum absolute atomic E-state index is 12.5. The topological polar surface area (TPSA) is 67.2 Å². The molecule has 0 saturated carbocycles. The molecule has 0 bridgehead atoms. The van der Waals surface area contributed by atoms with Crippen molar-refractivity contribution in [3.63, 3.8) is 0 Å². The molecule has 7 heteroatoms. The highest BCUT2D eigenvalue weighted by molar-refractivity contribution is 6.00. The van der Waals surface area contributed by atoms with Crippen LogP contribution in [-0.2, 0) is 6.54 Å². The fraction of sp³-hybridized carbons (Fsp3) is 0.130. The summed E-state index contributed by atoms with van der Waals surface area (Å²) in [5.74, 6) is -0.694. The molecule has 154 valence electrons. The average molecular weight is 409 g/mol. The Hall–Kier alpha value is -3.58. The molecule has 4 rings (SSSR count). The van der Waals surface area contributed by atoms with E-state index in [1.54, 1.807) is 37.5 Å². The number of pyridine rings is 1. The number of carbonyl (C=O) groups is 1. The first-order valence-corrected chi connectivity index (χ1v) is 9.25. The Balaban J connectivity index is 0.000000199. The van der Waals surface area contributed by atoms with Crippen molar-refractivity contribution < 1.29 is 18.7 Å². The van der Waals surface area contributed by atoms with Crippen LogP contribution in [0, 0.1) is 18.6 Å². The first-order chi connectivity index (χ1) is 14.5. The van der Waals surface area contributed by atoms with Gasteiger partial charge in [-0.3, -0.25) is 9.36 Å². The van der Waals surface area contributed by atoms with Gasteiger partial charge in [0.1, 0.15) is 11.6 Å². The zero-order valence-electron chi connectivity index (χ0n) is 16.6. The molecule has 0 spiro atoms. The van der Waals surface area contributed by atoms with Crippen molar-refractivity contribution in [3.8, 4) is 11.6 Å². The van der Waals surface area contributed by atoms with E-state index in [1.165, 1.54) is 6.07 Å². The third kappa shape index (κ3) is 4.36. The van der Waals surface area contributed by atoms with Gasteiger partial charge in [-0.1, -0.05) is 12.1 Å². The highest BCUT2D eigenvalue weighted by Crippen LogP contribution is 2.29. The van der Waals surface area contributed by atoms with E-state index in [2.05, 4.69) is 10.3 Å². The first-order valence-electron chi connectivity index (χ1n) is 9.25. The molecule has 0 amide bonds. The number of aromatic nitrogens is 2. The molecule has 2 aromatic carbocycles. The van der Waals surface area contributed by atoms with Gasteiger partial charge >= 0.3 is 0 Å². The van der Waals surface area contributed by atoms with Crippen molar-refractivity contribution in [3.05, 3.63) is 89.2 Å². The van der Waals surface area contributed by atoms with E-state index in [0.29, 0.717) is 12.1 Å². The van der Waals surface area contributed by atoms with Crippen molar-refractivity contribution in [1.82, 2.24) is 14.9 Å². The summed E-state index contributed by atoms with van der Waals surface area (Å²) in [6.07, 6.45) is 2.53. The van der Waals surface area contributed by atoms with Crippen LogP contribution in [0.15, 0.2) is 60.8 Å². The van der Waals surface area contributed by atoms with Gasteiger partial charge < -0.3 is 10.4 Å². The molecule has 0 aliphatic carbocycles. The van der Waals surface area contributed by atoms with E-state index in [4.69, 9.17) is 0 Å². The Kier molecular flexibility index (Phi) is 6.54. The predicted molar refractivity (Wildman–Crippen MR) is 112 cm³/mol. The van der Waals surface area contributed by atoms with Gasteiger partial charge in [0.15, 0.2) is 17.9 Å². The number of nitrogens with zero attached hydrogens (tertiary/aromatic N) is 2. The number of rotatable bonds is 4. The maximum atomic E-state index is 12.5. The summed E-state index contributed by atoms with van der Waals surface area (Å²) in [5.41, 5.74) is 2.99. The number of fused-ring (bicyclic) bond motifs is 1. The van der Waals surface area contributed by atoms with E-state index in [9.17, 15) is 18.7 Å². The second-order valence-electron chi connectivity index (χ2n) is 6.62. The molecule has 2 aromatic heterocycles. The van der Waals surface area contributed by atoms with Crippen LogP contribution in [0.5, 0.6) is 5.75 Å². The number of phenolic OH excluding ortho intramolecular Hbond substituents is 1. The van der Waals surface area contributed by atoms with Gasteiger partial charge in [-0.2, -0.15) is 0 Å². The SMILES string of the molecule is CNCc1ccc(F)c(F)c1.Cc1c(C=O)c2cc(O)ccc2n1-c1ccccn1. The van der Waals surface area contributed by atoms with Crippen molar-refractivity contribution >= 4 is 17.2 Å². The van der Waals surface area contributed by atoms with Gasteiger partial charge in [-0.25, -0.2) is 13.8 Å². The fourth-order valence-electron chi connectivity index (χ4n) is 3.21. The smallest absolute Gasteiger partial charge is 0.159 e. The van der Waals surface area contributed by atoms with Crippen molar-refractivity contribution in [1.29, 1.82) is 0 Å². The Bertz CT molecular complexity index is 1170. The van der Waals surface area contributed by atoms with Gasteiger partial charge in [0.2, 0.25) is 0 Å². The number of carbonyl (C=O) groups excluding carboxylic acids is 1. The quantitative estimate of drug-likeness (QED) is 0.486. The lowest BCUT2D eigenvalue weighted by molar-refractivity contribution is 0.112. The summed E-state index contributed by atoms with van der Waals surface area (Å²) in [7, 11) is 1.75. The molecule has 5 nitrogen and oxygen atoms in total. The van der Waals surface area contributed by atoms with Crippen LogP contribution in [0.2, 0.25) is 0 Å². The minimum absolute atomic E-state index is 0.147. The third-order valence-electron chi connectivity index (χ3n) is 4.60. The summed E-state index contributed by atoms with van der Waals surface area (Å²) < 4.78 is 26.8. The van der Waals surface area contributed by atoms with Crippen LogP contribution >= 0.6 is 0 Å². The van der Waals surface area contributed by atoms with Crippen molar-refractivity contribution in [2.75, 3.05) is 7.05 Å². The molecular formula is C23H21F2N3O2. The Morgan fingerprint density at radius 1 is 1.10 bits per heavy atom. The monoisotopic (exact) mass is 409 g/mol. The molecule has 0 aliphatic heterocycles. The van der Waals surface area contributed by atoms with Gasteiger partial charge in [0.25, 0.3) is 0 Å². The second kappa shape index (κ2) is 9.28. The summed E-state index contributed by atoms with van der Waals surface area (Å²) in [5, 5.41) is 13.2. The zero-order chi connectivity index (χ0) is 21.7. The molecule has 0 atom stereocenters. The van der Waals surface area contributed by atoms with Crippen molar-refractivity contribution in [2.24, 2.45) is 0 Å². The Morgan fingerprint density at radius 3 is 2.53 bits per heavy atom. The highest BCUT2D eigenvalue weighted by atomic mass is 19.2. The number of benzene rings is 2. The van der Waals surface area contributed by atoms with E-state index in [-0.39, 0.29) is 5.75 Å². The number of aldehydes is 1. The molecule has 0 unspecified atom stereocenters. The normalized spacial score (nSPS) is 10.5. The van der Waals surface area contributed by atoms with E-state index < -0.39 is 11.6 Å². The molecule has 2 N–H and O–H groups in total. The fourth-order valence-corrected chi connectivity index (χ4v) is 3.21. The van der Waals surface area contributed by atoms with Crippen LogP contribution in [0.25, 0.3) is 16.7 Å². The van der Waals surface area contributed by atoms with E-state index in [1.807, 2.05) is 29.7 Å². The molecule has 0 aliphatic rings. The maximum Gasteiger partial charge on any atom is 0.159 e. The molecule has 30 heavy (non-hydrogen) atoms. The van der Waals surface area contributed by atoms with Crippen LogP contribution in [0.4, 0.5) is 8.78 Å². The molecule has 4 aromatic rings. The largest absolute Gasteiger partial charge is 0.508 e. The number of hydrogen-bond acceptors (Lipinski definition) is 4. The lowest BCUT2D eigenvalue weighted by Gasteiger charge is -2.06. The summed E-state index contributed by atoms with van der Waals surface area (Å²) in [6, 6.07) is 14.5. The minimum Gasteiger partial charge on any atom is -0.508 e. The summed E-state index contributed by atoms with van der Waals surface area (Å²) in [6.45, 7) is 2.42. The van der Waals surface area contributed by atoms with Crippen LogP contribution in [-0.4, -0.2) is 28.0 Å².